The Morgan fingerprint density at radius 3 is 3.00 bits per heavy atom. The molecule has 0 aliphatic rings. The van der Waals surface area contributed by atoms with E-state index in [1.165, 1.54) is 0 Å². The summed E-state index contributed by atoms with van der Waals surface area (Å²) in [6, 6.07) is 0. The first-order valence-corrected chi connectivity index (χ1v) is 2.22. The van der Waals surface area contributed by atoms with Gasteiger partial charge in [-0.1, -0.05) is 0 Å². The van der Waals surface area contributed by atoms with E-state index in [1.54, 1.807) is 0 Å². The van der Waals surface area contributed by atoms with Crippen LogP contribution in [-0.2, 0) is 5.88 Å². The van der Waals surface area contributed by atoms with E-state index >= 15 is 0 Å². The monoisotopic (exact) mass is 117 g/mol. The number of hydrogen-bond acceptors (Lipinski definition) is 3. The van der Waals surface area contributed by atoms with Gasteiger partial charge in [0.1, 0.15) is 0 Å². The van der Waals surface area contributed by atoms with Crippen LogP contribution in [0.4, 0.5) is 0 Å². The Kier molecular flexibility index (Phi) is 1.26. The van der Waals surface area contributed by atoms with E-state index in [0.717, 1.165) is 0 Å². The van der Waals surface area contributed by atoms with Gasteiger partial charge in [-0.05, 0) is 0 Å². The van der Waals surface area contributed by atoms with Gasteiger partial charge in [0.05, 0.1) is 5.88 Å². The smallest absolute Gasteiger partial charge is 0.181 e. The minimum Gasteiger partial charge on any atom is -0.340 e. The van der Waals surface area contributed by atoms with Crippen LogP contribution in [0.25, 0.3) is 0 Å². The van der Waals surface area contributed by atoms with Crippen LogP contribution in [-0.4, -0.2) is 10.4 Å². The van der Waals surface area contributed by atoms with Crippen LogP contribution in [0.15, 0.2) is 4.52 Å². The molecule has 0 aromatic carbocycles. The van der Waals surface area contributed by atoms with E-state index in [9.17, 15) is 0 Å². The summed E-state index contributed by atoms with van der Waals surface area (Å²) in [6.45, 7) is 0. The molecule has 4 heteroatoms. The van der Waals surface area contributed by atoms with Gasteiger partial charge in [-0.3, -0.25) is 0 Å². The second kappa shape index (κ2) is 1.93. The molecule has 0 unspecified atom stereocenters. The number of hydrogen-bond donors (Lipinski definition) is 0. The Bertz CT molecular complexity index is 127. The van der Waals surface area contributed by atoms with Gasteiger partial charge in [-0.15, -0.1) is 16.7 Å². The maximum absolute atomic E-state index is 5.26. The molecule has 0 saturated carbocycles. The zero-order valence-corrected chi connectivity index (χ0v) is 4.14. The lowest BCUT2D eigenvalue weighted by molar-refractivity contribution is 0.371. The topological polar surface area (TPSA) is 38.9 Å². The van der Waals surface area contributed by atoms with Crippen molar-refractivity contribution in [3.8, 4) is 0 Å². The lowest BCUT2D eigenvalue weighted by Crippen LogP contribution is -1.64. The van der Waals surface area contributed by atoms with Gasteiger partial charge in [0, 0.05) is 5.27 Å². The minimum absolute atomic E-state index is 0.285. The molecule has 0 bridgehead atoms. The molecule has 0 fully saturated rings. The van der Waals surface area contributed by atoms with Crippen molar-refractivity contribution in [1.29, 1.82) is 0 Å². The average Bonchev–Trinajstić information content (AvgIpc) is 2.14. The minimum atomic E-state index is 0.285. The molecule has 0 atom stereocenters. The zero-order valence-electron chi connectivity index (χ0n) is 3.39. The molecule has 0 saturated heterocycles. The standard InChI is InChI=1S/C3H2ClN2O/c4-1-3-2-5-6-7-3/h1H2. The summed E-state index contributed by atoms with van der Waals surface area (Å²) in [7, 11) is 0. The summed E-state index contributed by atoms with van der Waals surface area (Å²) in [4.78, 5) is 0. The van der Waals surface area contributed by atoms with Gasteiger partial charge >= 0.3 is 0 Å². The normalized spacial score (nSPS) is 9.29. The van der Waals surface area contributed by atoms with Crippen molar-refractivity contribution in [1.82, 2.24) is 10.4 Å². The molecule has 37 valence electrons. The van der Waals surface area contributed by atoms with E-state index < -0.39 is 0 Å². The molecule has 1 rings (SSSR count). The summed E-state index contributed by atoms with van der Waals surface area (Å²) in [6.07, 6.45) is 2.43. The molecule has 0 amide bonds. The molecule has 3 nitrogen and oxygen atoms in total. The lowest BCUT2D eigenvalue weighted by atomic mass is 10.6. The quantitative estimate of drug-likeness (QED) is 0.506. The predicted molar refractivity (Wildman–Crippen MR) is 22.7 cm³/mol. The first-order chi connectivity index (χ1) is 3.43. The van der Waals surface area contributed by atoms with Gasteiger partial charge < -0.3 is 4.52 Å². The van der Waals surface area contributed by atoms with Crippen LogP contribution in [0.2, 0.25) is 0 Å². The van der Waals surface area contributed by atoms with Gasteiger partial charge in [-0.2, -0.15) is 0 Å². The van der Waals surface area contributed by atoms with Crippen LogP contribution in [0.3, 0.4) is 0 Å². The number of nitrogens with zero attached hydrogens (tertiary/aromatic N) is 2. The summed E-state index contributed by atoms with van der Waals surface area (Å²) >= 11 is 5.26. The second-order valence-electron chi connectivity index (χ2n) is 0.942. The lowest BCUT2D eigenvalue weighted by Gasteiger charge is -1.71. The number of aromatic nitrogens is 2. The molecule has 0 aliphatic heterocycles. The van der Waals surface area contributed by atoms with Crippen LogP contribution < -0.4 is 0 Å². The highest BCUT2D eigenvalue weighted by molar-refractivity contribution is 6.16. The fourth-order valence-electron chi connectivity index (χ4n) is 0.221. The second-order valence-corrected chi connectivity index (χ2v) is 1.21. The van der Waals surface area contributed by atoms with Gasteiger partial charge in [0.2, 0.25) is 0 Å². The Labute approximate surface area is 45.3 Å². The van der Waals surface area contributed by atoms with Crippen molar-refractivity contribution in [2.75, 3.05) is 0 Å². The number of halogens is 1. The SMILES string of the molecule is ClCc1[c]nno1. The van der Waals surface area contributed by atoms with Crippen molar-refractivity contribution in [3.63, 3.8) is 0 Å². The Morgan fingerprint density at radius 2 is 2.71 bits per heavy atom. The van der Waals surface area contributed by atoms with Crippen LogP contribution in [0, 0.1) is 6.20 Å². The molecule has 1 aromatic rings. The molecule has 7 heavy (non-hydrogen) atoms. The third kappa shape index (κ3) is 0.899. The fourth-order valence-corrected chi connectivity index (χ4v) is 0.329. The first kappa shape index (κ1) is 4.59. The Morgan fingerprint density at radius 1 is 1.86 bits per heavy atom. The van der Waals surface area contributed by atoms with E-state index in [1.807, 2.05) is 0 Å². The molecular formula is C3H2ClN2O. The zero-order chi connectivity index (χ0) is 5.11. The largest absolute Gasteiger partial charge is 0.340 e. The van der Waals surface area contributed by atoms with E-state index in [4.69, 9.17) is 11.6 Å². The average molecular weight is 118 g/mol. The van der Waals surface area contributed by atoms with Crippen LogP contribution in [0.1, 0.15) is 5.76 Å². The van der Waals surface area contributed by atoms with Crippen molar-refractivity contribution in [2.45, 2.75) is 5.88 Å². The van der Waals surface area contributed by atoms with Gasteiger partial charge in [-0.25, -0.2) is 0 Å². The molecule has 0 spiro atoms. The van der Waals surface area contributed by atoms with Crippen molar-refractivity contribution in [2.24, 2.45) is 0 Å². The summed E-state index contributed by atoms with van der Waals surface area (Å²) in [5.41, 5.74) is 0. The maximum Gasteiger partial charge on any atom is 0.181 e. The fraction of sp³-hybridized carbons (Fsp3) is 0.333. The van der Waals surface area contributed by atoms with Crippen molar-refractivity contribution in [3.05, 3.63) is 12.0 Å². The molecule has 1 radical (unpaired) electrons. The molecular weight excluding hydrogens is 115 g/mol. The highest BCUT2D eigenvalue weighted by atomic mass is 35.5. The molecule has 1 aromatic heterocycles. The van der Waals surface area contributed by atoms with E-state index in [0.29, 0.717) is 5.76 Å². The van der Waals surface area contributed by atoms with E-state index in [-0.39, 0.29) is 5.88 Å². The van der Waals surface area contributed by atoms with Gasteiger partial charge in [0.15, 0.2) is 12.0 Å². The number of alkyl halides is 1. The Balaban J connectivity index is 2.76. The summed E-state index contributed by atoms with van der Waals surface area (Å²) in [5.74, 6) is 0.758. The van der Waals surface area contributed by atoms with Gasteiger partial charge in [0.25, 0.3) is 0 Å². The van der Waals surface area contributed by atoms with Crippen LogP contribution >= 0.6 is 11.6 Å². The van der Waals surface area contributed by atoms with Crippen molar-refractivity contribution < 1.29 is 4.52 Å². The first-order valence-electron chi connectivity index (χ1n) is 1.68. The van der Waals surface area contributed by atoms with Crippen molar-refractivity contribution >= 4 is 11.6 Å². The summed E-state index contributed by atoms with van der Waals surface area (Å²) in [5, 5.41) is 6.39. The molecule has 0 N–H and O–H groups in total. The highest BCUT2D eigenvalue weighted by Gasteiger charge is 1.91. The highest BCUT2D eigenvalue weighted by Crippen LogP contribution is 1.95. The maximum atomic E-state index is 5.26. The van der Waals surface area contributed by atoms with E-state index in [2.05, 4.69) is 21.1 Å². The molecule has 0 aliphatic carbocycles. The Hall–Kier alpha value is -0.570. The third-order valence-electron chi connectivity index (χ3n) is 0.488. The third-order valence-corrected chi connectivity index (χ3v) is 0.731. The predicted octanol–water partition coefficient (Wildman–Crippen LogP) is 0.609. The summed E-state index contributed by atoms with van der Waals surface area (Å²) < 4.78 is 4.43. The molecule has 1 heterocycles. The van der Waals surface area contributed by atoms with Crippen LogP contribution in [0.5, 0.6) is 0 Å². The number of rotatable bonds is 1.